The van der Waals surface area contributed by atoms with E-state index in [1.165, 1.54) is 84.0 Å². The van der Waals surface area contributed by atoms with E-state index in [-0.39, 0.29) is 6.61 Å². The van der Waals surface area contributed by atoms with Crippen molar-refractivity contribution in [1.29, 1.82) is 0 Å². The molecule has 4 nitrogen and oxygen atoms in total. The van der Waals surface area contributed by atoms with Gasteiger partial charge in [0.2, 0.25) is 0 Å². The average Bonchev–Trinajstić information content (AvgIpc) is 2.65. The molecular weight excluding hydrogens is 340 g/mol. The highest BCUT2D eigenvalue weighted by atomic mass is 16.6. The Balaban J connectivity index is 3.37. The molecule has 0 fully saturated rings. The molecule has 0 aromatic heterocycles. The number of aliphatic hydroxyl groups excluding tert-OH is 2. The van der Waals surface area contributed by atoms with E-state index in [0.29, 0.717) is 6.42 Å². The standard InChI is InChI=1S/C23H44O4/c1-3-4-5-6-7-8-9-10-11-12-13-14-15-16-17-18-19-22(26)23(20-24)27-21(2)25/h10-11,22-24,26H,3-9,12-20H2,1-2H3. The molecule has 0 amide bonds. The van der Waals surface area contributed by atoms with Crippen molar-refractivity contribution in [3.63, 3.8) is 0 Å². The molecule has 0 radical (unpaired) electrons. The molecule has 2 unspecified atom stereocenters. The predicted molar refractivity (Wildman–Crippen MR) is 113 cm³/mol. The molecule has 0 aromatic carbocycles. The molecule has 0 aliphatic carbocycles. The van der Waals surface area contributed by atoms with Crippen molar-refractivity contribution in [2.75, 3.05) is 6.61 Å². The number of esters is 1. The van der Waals surface area contributed by atoms with Gasteiger partial charge in [-0.15, -0.1) is 0 Å². The molecule has 0 saturated heterocycles. The zero-order chi connectivity index (χ0) is 20.2. The number of aliphatic hydroxyl groups is 2. The van der Waals surface area contributed by atoms with Crippen LogP contribution in [0.5, 0.6) is 0 Å². The third kappa shape index (κ3) is 18.3. The molecule has 27 heavy (non-hydrogen) atoms. The lowest BCUT2D eigenvalue weighted by molar-refractivity contribution is -0.155. The Labute approximate surface area is 167 Å². The fourth-order valence-corrected chi connectivity index (χ4v) is 3.24. The molecule has 0 saturated carbocycles. The van der Waals surface area contributed by atoms with Gasteiger partial charge in [0, 0.05) is 6.92 Å². The van der Waals surface area contributed by atoms with Crippen LogP contribution in [0.25, 0.3) is 0 Å². The minimum Gasteiger partial charge on any atom is -0.457 e. The maximum Gasteiger partial charge on any atom is 0.303 e. The van der Waals surface area contributed by atoms with Crippen LogP contribution in [-0.2, 0) is 9.53 Å². The summed E-state index contributed by atoms with van der Waals surface area (Å²) in [4.78, 5) is 10.9. The Hall–Kier alpha value is -0.870. The van der Waals surface area contributed by atoms with Gasteiger partial charge in [-0.1, -0.05) is 83.3 Å². The summed E-state index contributed by atoms with van der Waals surface area (Å²) in [5, 5.41) is 19.1. The molecule has 160 valence electrons. The third-order valence-corrected chi connectivity index (χ3v) is 4.94. The van der Waals surface area contributed by atoms with Gasteiger partial charge < -0.3 is 14.9 Å². The van der Waals surface area contributed by atoms with E-state index in [9.17, 15) is 9.90 Å². The maximum atomic E-state index is 10.9. The molecule has 4 heteroatoms. The minimum atomic E-state index is -0.786. The van der Waals surface area contributed by atoms with Gasteiger partial charge in [-0.3, -0.25) is 4.79 Å². The Kier molecular flexibility index (Phi) is 19.2. The van der Waals surface area contributed by atoms with Crippen LogP contribution < -0.4 is 0 Å². The van der Waals surface area contributed by atoms with E-state index < -0.39 is 18.2 Å². The number of hydrogen-bond acceptors (Lipinski definition) is 4. The molecule has 2 N–H and O–H groups in total. The Morgan fingerprint density at radius 2 is 1.33 bits per heavy atom. The normalized spacial score (nSPS) is 13.8. The Bertz CT molecular complexity index is 354. The first-order chi connectivity index (χ1) is 13.1. The lowest BCUT2D eigenvalue weighted by atomic mass is 10.0. The van der Waals surface area contributed by atoms with Gasteiger partial charge in [0.15, 0.2) is 6.10 Å². The van der Waals surface area contributed by atoms with Crippen molar-refractivity contribution in [2.45, 2.75) is 122 Å². The predicted octanol–water partition coefficient (Wildman–Crippen LogP) is 5.70. The highest BCUT2D eigenvalue weighted by molar-refractivity contribution is 5.66. The summed E-state index contributed by atoms with van der Waals surface area (Å²) in [7, 11) is 0. The van der Waals surface area contributed by atoms with Crippen molar-refractivity contribution in [1.82, 2.24) is 0 Å². The smallest absolute Gasteiger partial charge is 0.303 e. The van der Waals surface area contributed by atoms with Crippen LogP contribution in [0.2, 0.25) is 0 Å². The molecule has 0 bridgehead atoms. The second-order valence-electron chi connectivity index (χ2n) is 7.62. The van der Waals surface area contributed by atoms with Crippen LogP contribution in [0, 0.1) is 0 Å². The summed E-state index contributed by atoms with van der Waals surface area (Å²) in [6.45, 7) is 3.22. The van der Waals surface area contributed by atoms with Crippen LogP contribution in [0.4, 0.5) is 0 Å². The molecule has 0 spiro atoms. The summed E-state index contributed by atoms with van der Waals surface area (Å²) in [6.07, 6.45) is 21.2. The van der Waals surface area contributed by atoms with Crippen molar-refractivity contribution < 1.29 is 19.7 Å². The number of allylic oxidation sites excluding steroid dienone is 2. The SMILES string of the molecule is CCCCCCCCC=CCCCCCCCCC(O)C(CO)OC(C)=O. The van der Waals surface area contributed by atoms with Crippen molar-refractivity contribution in [2.24, 2.45) is 0 Å². The zero-order valence-corrected chi connectivity index (χ0v) is 17.8. The second kappa shape index (κ2) is 19.9. The van der Waals surface area contributed by atoms with Crippen molar-refractivity contribution in [3.05, 3.63) is 12.2 Å². The van der Waals surface area contributed by atoms with Crippen molar-refractivity contribution >= 4 is 5.97 Å². The molecule has 0 rings (SSSR count). The van der Waals surface area contributed by atoms with Crippen LogP contribution in [0.15, 0.2) is 12.2 Å². The van der Waals surface area contributed by atoms with E-state index >= 15 is 0 Å². The van der Waals surface area contributed by atoms with Crippen LogP contribution in [0.1, 0.15) is 110 Å². The topological polar surface area (TPSA) is 66.8 Å². The number of unbranched alkanes of at least 4 members (excludes halogenated alkanes) is 12. The minimum absolute atomic E-state index is 0.326. The van der Waals surface area contributed by atoms with Crippen LogP contribution in [0.3, 0.4) is 0 Å². The summed E-state index contributed by atoms with van der Waals surface area (Å²) in [6, 6.07) is 0. The van der Waals surface area contributed by atoms with Gasteiger partial charge in [-0.2, -0.15) is 0 Å². The lowest BCUT2D eigenvalue weighted by Gasteiger charge is -2.20. The van der Waals surface area contributed by atoms with E-state index in [0.717, 1.165) is 12.8 Å². The largest absolute Gasteiger partial charge is 0.457 e. The van der Waals surface area contributed by atoms with Crippen LogP contribution in [-0.4, -0.2) is 35.0 Å². The van der Waals surface area contributed by atoms with Gasteiger partial charge >= 0.3 is 5.97 Å². The summed E-state index contributed by atoms with van der Waals surface area (Å²) >= 11 is 0. The second-order valence-corrected chi connectivity index (χ2v) is 7.62. The fourth-order valence-electron chi connectivity index (χ4n) is 3.24. The molecule has 0 aliphatic heterocycles. The highest BCUT2D eigenvalue weighted by Crippen LogP contribution is 2.13. The molecule has 0 aromatic rings. The highest BCUT2D eigenvalue weighted by Gasteiger charge is 2.20. The van der Waals surface area contributed by atoms with Gasteiger partial charge in [0.05, 0.1) is 12.7 Å². The number of carbonyl (C=O) groups excluding carboxylic acids is 1. The molecule has 0 heterocycles. The number of carbonyl (C=O) groups is 1. The van der Waals surface area contributed by atoms with E-state index in [4.69, 9.17) is 9.84 Å². The third-order valence-electron chi connectivity index (χ3n) is 4.94. The van der Waals surface area contributed by atoms with Crippen molar-refractivity contribution in [3.8, 4) is 0 Å². The first-order valence-corrected chi connectivity index (χ1v) is 11.2. The average molecular weight is 385 g/mol. The Morgan fingerprint density at radius 3 is 1.81 bits per heavy atom. The molecule has 0 aliphatic rings. The van der Waals surface area contributed by atoms with E-state index in [1.807, 2.05) is 0 Å². The summed E-state index contributed by atoms with van der Waals surface area (Å²) in [5.41, 5.74) is 0. The number of hydrogen-bond donors (Lipinski definition) is 2. The summed E-state index contributed by atoms with van der Waals surface area (Å²) in [5.74, 6) is -0.464. The fraction of sp³-hybridized carbons (Fsp3) is 0.870. The number of rotatable bonds is 19. The lowest BCUT2D eigenvalue weighted by Crippen LogP contribution is -2.33. The van der Waals surface area contributed by atoms with Gasteiger partial charge in [0.1, 0.15) is 0 Å². The molecule has 2 atom stereocenters. The van der Waals surface area contributed by atoms with Gasteiger partial charge in [-0.05, 0) is 32.1 Å². The van der Waals surface area contributed by atoms with Gasteiger partial charge in [0.25, 0.3) is 0 Å². The number of ether oxygens (including phenoxy) is 1. The maximum absolute atomic E-state index is 10.9. The van der Waals surface area contributed by atoms with Crippen LogP contribution >= 0.6 is 0 Å². The first kappa shape index (κ1) is 26.1. The monoisotopic (exact) mass is 384 g/mol. The van der Waals surface area contributed by atoms with Gasteiger partial charge in [-0.25, -0.2) is 0 Å². The van der Waals surface area contributed by atoms with E-state index in [2.05, 4.69) is 19.1 Å². The zero-order valence-electron chi connectivity index (χ0n) is 17.8. The first-order valence-electron chi connectivity index (χ1n) is 11.2. The quantitative estimate of drug-likeness (QED) is 0.170. The Morgan fingerprint density at radius 1 is 0.852 bits per heavy atom. The van der Waals surface area contributed by atoms with E-state index in [1.54, 1.807) is 0 Å². The molecular formula is C23H44O4. The summed E-state index contributed by atoms with van der Waals surface area (Å²) < 4.78 is 4.90.